The maximum absolute atomic E-state index is 10.1. The quantitative estimate of drug-likeness (QED) is 0.602. The second kappa shape index (κ2) is 18.3. The Balaban J connectivity index is -0.000000158. The first-order valence-corrected chi connectivity index (χ1v) is 4.29. The van der Waals surface area contributed by atoms with Crippen molar-refractivity contribution in [3.05, 3.63) is 37.4 Å². The molecule has 0 heterocycles. The zero-order valence-corrected chi connectivity index (χ0v) is 9.37. The third kappa shape index (κ3) is 45.8. The second-order valence-electron chi connectivity index (χ2n) is 1.65. The molecular formula is C10H15ClO4. The minimum absolute atomic E-state index is 0.359. The molecule has 0 saturated heterocycles. The van der Waals surface area contributed by atoms with Crippen LogP contribution in [0.4, 0.5) is 0 Å². The molecule has 0 saturated carbocycles. The smallest absolute Gasteiger partial charge is 0.330 e. The topological polar surface area (TPSA) is 63.6 Å². The molecule has 0 rings (SSSR count). The molecule has 0 bridgehead atoms. The predicted molar refractivity (Wildman–Crippen MR) is 60.7 cm³/mol. The van der Waals surface area contributed by atoms with Gasteiger partial charge in [0.2, 0.25) is 0 Å². The summed E-state index contributed by atoms with van der Waals surface area (Å²) in [6, 6.07) is 0. The van der Waals surface area contributed by atoms with Crippen molar-refractivity contribution in [1.29, 1.82) is 0 Å². The van der Waals surface area contributed by atoms with E-state index in [1.165, 1.54) is 5.54 Å². The average Bonchev–Trinajstić information content (AvgIpc) is 2.20. The summed E-state index contributed by atoms with van der Waals surface area (Å²) in [7, 11) is 0. The second-order valence-corrected chi connectivity index (χ2v) is 1.96. The number of esters is 1. The fourth-order valence-corrected chi connectivity index (χ4v) is 0.201. The van der Waals surface area contributed by atoms with E-state index in [4.69, 9.17) is 16.7 Å². The Morgan fingerprint density at radius 1 is 1.33 bits per heavy atom. The average molecular weight is 235 g/mol. The van der Waals surface area contributed by atoms with Crippen molar-refractivity contribution in [3.63, 3.8) is 0 Å². The van der Waals surface area contributed by atoms with Gasteiger partial charge in [-0.3, -0.25) is 0 Å². The van der Waals surface area contributed by atoms with E-state index in [1.54, 1.807) is 6.92 Å². The SMILES string of the molecule is C=CC(=O)O.C=CC(=O)OCC.C=CCl. The molecule has 4 nitrogen and oxygen atoms in total. The van der Waals surface area contributed by atoms with Gasteiger partial charge in [-0.15, -0.1) is 0 Å². The number of hydrogen-bond acceptors (Lipinski definition) is 3. The molecule has 15 heavy (non-hydrogen) atoms. The Labute approximate surface area is 94.5 Å². The van der Waals surface area contributed by atoms with Crippen LogP contribution in [0.1, 0.15) is 6.92 Å². The first-order valence-electron chi connectivity index (χ1n) is 3.85. The molecule has 0 aliphatic carbocycles. The standard InChI is InChI=1S/C5H8O2.C3H4O2.C2H3Cl/c1-3-5(6)7-4-2;1-2-3(4)5;1-2-3/h3H,1,4H2,2H3;2H,1H2,(H,4,5);2H,1H2. The summed E-state index contributed by atoms with van der Waals surface area (Å²) in [5.41, 5.74) is 1.22. The van der Waals surface area contributed by atoms with Crippen LogP contribution in [-0.4, -0.2) is 23.7 Å². The number of hydrogen-bond donors (Lipinski definition) is 1. The van der Waals surface area contributed by atoms with Crippen molar-refractivity contribution in [1.82, 2.24) is 0 Å². The van der Waals surface area contributed by atoms with Crippen LogP contribution in [0, 0.1) is 0 Å². The molecule has 86 valence electrons. The van der Waals surface area contributed by atoms with Crippen LogP contribution in [0.5, 0.6) is 0 Å². The largest absolute Gasteiger partial charge is 0.478 e. The monoisotopic (exact) mass is 234 g/mol. The summed E-state index contributed by atoms with van der Waals surface area (Å²) in [6.45, 7) is 11.5. The molecule has 0 atom stereocenters. The molecule has 0 amide bonds. The third-order valence-corrected chi connectivity index (χ3v) is 0.628. The molecule has 5 heteroatoms. The van der Waals surface area contributed by atoms with E-state index < -0.39 is 5.97 Å². The molecule has 0 aromatic heterocycles. The van der Waals surface area contributed by atoms with Crippen LogP contribution in [0.15, 0.2) is 37.4 Å². The highest BCUT2D eigenvalue weighted by atomic mass is 35.5. The lowest BCUT2D eigenvalue weighted by molar-refractivity contribution is -0.137. The lowest BCUT2D eigenvalue weighted by atomic mass is 10.6. The van der Waals surface area contributed by atoms with Crippen molar-refractivity contribution >= 4 is 23.5 Å². The van der Waals surface area contributed by atoms with Gasteiger partial charge in [0.25, 0.3) is 0 Å². The summed E-state index contributed by atoms with van der Waals surface area (Å²) >= 11 is 4.76. The molecule has 0 aromatic rings. The van der Waals surface area contributed by atoms with Gasteiger partial charge in [0.05, 0.1) is 6.61 Å². The maximum Gasteiger partial charge on any atom is 0.330 e. The number of carboxylic acid groups (broad SMARTS) is 1. The Bertz CT molecular complexity index is 211. The molecule has 0 aliphatic heterocycles. The molecular weight excluding hydrogens is 220 g/mol. The number of carboxylic acids is 1. The lowest BCUT2D eigenvalue weighted by Gasteiger charge is -1.90. The van der Waals surface area contributed by atoms with Gasteiger partial charge in [0, 0.05) is 12.2 Å². The van der Waals surface area contributed by atoms with E-state index in [1.807, 2.05) is 0 Å². The van der Waals surface area contributed by atoms with Gasteiger partial charge in [-0.2, -0.15) is 0 Å². The zero-order chi connectivity index (χ0) is 12.7. The van der Waals surface area contributed by atoms with Gasteiger partial charge in [-0.05, 0) is 12.5 Å². The number of carbonyl (C=O) groups is 2. The molecule has 1 N–H and O–H groups in total. The highest BCUT2D eigenvalue weighted by Crippen LogP contribution is 1.74. The summed E-state index contributed by atoms with van der Waals surface area (Å²) < 4.78 is 4.43. The Hall–Kier alpha value is -1.55. The third-order valence-electron chi connectivity index (χ3n) is 0.628. The van der Waals surface area contributed by atoms with Crippen LogP contribution in [0.25, 0.3) is 0 Å². The Kier molecular flexibility index (Phi) is 23.3. The highest BCUT2D eigenvalue weighted by molar-refractivity contribution is 6.25. The Morgan fingerprint density at radius 3 is 1.73 bits per heavy atom. The van der Waals surface area contributed by atoms with E-state index in [-0.39, 0.29) is 5.97 Å². The van der Waals surface area contributed by atoms with Crippen molar-refractivity contribution in [2.24, 2.45) is 0 Å². The van der Waals surface area contributed by atoms with Crippen molar-refractivity contribution in [3.8, 4) is 0 Å². The molecule has 0 spiro atoms. The summed E-state index contributed by atoms with van der Waals surface area (Å²) in [6.07, 6.45) is 1.98. The van der Waals surface area contributed by atoms with Gasteiger partial charge in [-0.25, -0.2) is 9.59 Å². The number of halogens is 1. The first-order chi connectivity index (χ1) is 6.99. The van der Waals surface area contributed by atoms with Crippen LogP contribution < -0.4 is 0 Å². The van der Waals surface area contributed by atoms with Gasteiger partial charge in [0.15, 0.2) is 0 Å². The van der Waals surface area contributed by atoms with Crippen LogP contribution in [0.3, 0.4) is 0 Å². The number of rotatable bonds is 3. The van der Waals surface area contributed by atoms with E-state index >= 15 is 0 Å². The lowest BCUT2D eigenvalue weighted by Crippen LogP contribution is -1.97. The molecule has 0 fully saturated rings. The molecule has 0 aromatic carbocycles. The highest BCUT2D eigenvalue weighted by Gasteiger charge is 1.86. The van der Waals surface area contributed by atoms with E-state index in [0.717, 1.165) is 12.2 Å². The fraction of sp³-hybridized carbons (Fsp3) is 0.200. The molecule has 0 aliphatic rings. The number of aliphatic carboxylic acids is 1. The maximum atomic E-state index is 10.1. The fourth-order valence-electron chi connectivity index (χ4n) is 0.201. The minimum Gasteiger partial charge on any atom is -0.478 e. The predicted octanol–water partition coefficient (Wildman–Crippen LogP) is 2.36. The van der Waals surface area contributed by atoms with E-state index in [0.29, 0.717) is 6.61 Å². The summed E-state index contributed by atoms with van der Waals surface area (Å²) in [4.78, 5) is 19.3. The number of ether oxygens (including phenoxy) is 1. The van der Waals surface area contributed by atoms with Gasteiger partial charge >= 0.3 is 11.9 Å². The number of carbonyl (C=O) groups excluding carboxylic acids is 1. The molecule has 0 radical (unpaired) electrons. The Morgan fingerprint density at radius 2 is 1.67 bits per heavy atom. The van der Waals surface area contributed by atoms with Gasteiger partial charge < -0.3 is 9.84 Å². The first kappa shape index (κ1) is 19.1. The van der Waals surface area contributed by atoms with Crippen molar-refractivity contribution in [2.45, 2.75) is 6.92 Å². The van der Waals surface area contributed by atoms with Gasteiger partial charge in [0.1, 0.15) is 0 Å². The summed E-state index contributed by atoms with van der Waals surface area (Å²) in [5.74, 6) is -1.34. The van der Waals surface area contributed by atoms with Crippen LogP contribution in [0.2, 0.25) is 0 Å². The zero-order valence-electron chi connectivity index (χ0n) is 8.61. The van der Waals surface area contributed by atoms with Crippen molar-refractivity contribution in [2.75, 3.05) is 6.61 Å². The van der Waals surface area contributed by atoms with Crippen LogP contribution >= 0.6 is 11.6 Å². The van der Waals surface area contributed by atoms with E-state index in [9.17, 15) is 9.59 Å². The minimum atomic E-state index is -0.981. The normalized spacial score (nSPS) is 6.53. The van der Waals surface area contributed by atoms with E-state index in [2.05, 4.69) is 24.5 Å². The van der Waals surface area contributed by atoms with Gasteiger partial charge in [-0.1, -0.05) is 31.3 Å². The molecule has 0 unspecified atom stereocenters. The van der Waals surface area contributed by atoms with Crippen molar-refractivity contribution < 1.29 is 19.4 Å². The van der Waals surface area contributed by atoms with Crippen LogP contribution in [-0.2, 0) is 14.3 Å². The summed E-state index contributed by atoms with van der Waals surface area (Å²) in [5, 5.41) is 7.60.